The number of nitrogens with zero attached hydrogens (tertiary/aromatic N) is 3. The van der Waals surface area contributed by atoms with Crippen molar-refractivity contribution in [3.05, 3.63) is 47.4 Å². The number of rotatable bonds is 5. The largest absolute Gasteiger partial charge is 0.395 e. The van der Waals surface area contributed by atoms with Gasteiger partial charge in [0.15, 0.2) is 5.52 Å². The SMILES string of the molecule is Nc1nc2nc[nH]c2c(Cl)[n+]1C1COC(COCc2ccccc2)CO1. The van der Waals surface area contributed by atoms with Gasteiger partial charge < -0.3 is 19.2 Å². The lowest BCUT2D eigenvalue weighted by Gasteiger charge is -2.29. The van der Waals surface area contributed by atoms with Crippen LogP contribution >= 0.6 is 11.6 Å². The van der Waals surface area contributed by atoms with E-state index in [1.165, 1.54) is 6.33 Å². The van der Waals surface area contributed by atoms with Gasteiger partial charge in [-0.05, 0) is 22.1 Å². The first-order chi connectivity index (χ1) is 12.7. The molecule has 0 spiro atoms. The lowest BCUT2D eigenvalue weighted by Crippen LogP contribution is -2.52. The predicted molar refractivity (Wildman–Crippen MR) is 94.3 cm³/mol. The van der Waals surface area contributed by atoms with Gasteiger partial charge >= 0.3 is 5.95 Å². The molecule has 4 rings (SSSR count). The van der Waals surface area contributed by atoms with E-state index in [-0.39, 0.29) is 12.1 Å². The molecule has 2 atom stereocenters. The lowest BCUT2D eigenvalue weighted by atomic mass is 10.2. The number of anilines is 1. The van der Waals surface area contributed by atoms with Crippen molar-refractivity contribution in [2.24, 2.45) is 0 Å². The summed E-state index contributed by atoms with van der Waals surface area (Å²) in [5.74, 6) is 0.224. The number of hydrogen-bond donors (Lipinski definition) is 2. The maximum Gasteiger partial charge on any atom is 0.395 e. The summed E-state index contributed by atoms with van der Waals surface area (Å²) < 4.78 is 19.0. The second kappa shape index (κ2) is 7.55. The molecule has 1 aromatic carbocycles. The van der Waals surface area contributed by atoms with Crippen LogP contribution in [0.5, 0.6) is 0 Å². The third-order valence-corrected chi connectivity index (χ3v) is 4.53. The van der Waals surface area contributed by atoms with Crippen molar-refractivity contribution in [2.45, 2.75) is 18.9 Å². The first-order valence-electron chi connectivity index (χ1n) is 8.27. The van der Waals surface area contributed by atoms with Crippen LogP contribution in [-0.2, 0) is 20.8 Å². The van der Waals surface area contributed by atoms with Crippen LogP contribution in [0.25, 0.3) is 11.2 Å². The van der Waals surface area contributed by atoms with Crippen LogP contribution in [0.4, 0.5) is 5.95 Å². The minimum Gasteiger partial charge on any atom is -0.374 e. The van der Waals surface area contributed by atoms with Crippen molar-refractivity contribution in [1.29, 1.82) is 0 Å². The number of imidazole rings is 1. The summed E-state index contributed by atoms with van der Waals surface area (Å²) in [5, 5.41) is 0.386. The minimum absolute atomic E-state index is 0.139. The number of nitrogens with one attached hydrogen (secondary N) is 1. The molecular weight excluding hydrogens is 358 g/mol. The van der Waals surface area contributed by atoms with Gasteiger partial charge in [0, 0.05) is 0 Å². The van der Waals surface area contributed by atoms with Gasteiger partial charge in [0.25, 0.3) is 5.65 Å². The van der Waals surface area contributed by atoms with Crippen LogP contribution in [0.1, 0.15) is 11.8 Å². The van der Waals surface area contributed by atoms with E-state index in [0.29, 0.717) is 42.7 Å². The minimum atomic E-state index is -0.451. The summed E-state index contributed by atoms with van der Waals surface area (Å²) in [6, 6.07) is 9.99. The maximum atomic E-state index is 6.42. The van der Waals surface area contributed by atoms with Gasteiger partial charge in [-0.2, -0.15) is 4.57 Å². The number of halogens is 1. The van der Waals surface area contributed by atoms with Crippen molar-refractivity contribution in [1.82, 2.24) is 15.0 Å². The molecule has 1 fully saturated rings. The van der Waals surface area contributed by atoms with Crippen LogP contribution < -0.4 is 10.3 Å². The van der Waals surface area contributed by atoms with E-state index in [1.807, 2.05) is 30.3 Å². The van der Waals surface area contributed by atoms with Gasteiger partial charge in [0.1, 0.15) is 12.7 Å². The van der Waals surface area contributed by atoms with Crippen LogP contribution in [0.2, 0.25) is 5.15 Å². The summed E-state index contributed by atoms with van der Waals surface area (Å²) >= 11 is 6.42. The standard InChI is InChI=1S/C17H18ClN5O3/c18-15-14-16(21-10-20-14)22-17(19)23(15)13-9-25-12(8-26-13)7-24-6-11-4-2-1-3-5-11/h1-5,10,12-13H,6-9H2,(H2,19,20,21,22)/p+1. The average Bonchev–Trinajstić information content (AvgIpc) is 3.12. The van der Waals surface area contributed by atoms with E-state index >= 15 is 0 Å². The van der Waals surface area contributed by atoms with E-state index in [0.717, 1.165) is 5.56 Å². The number of aromatic nitrogens is 4. The quantitative estimate of drug-likeness (QED) is 0.518. The van der Waals surface area contributed by atoms with Crippen LogP contribution in [0, 0.1) is 0 Å². The Morgan fingerprint density at radius 2 is 2.12 bits per heavy atom. The molecule has 1 aliphatic heterocycles. The Morgan fingerprint density at radius 3 is 2.88 bits per heavy atom. The molecular formula is C17H19ClN5O3+. The Morgan fingerprint density at radius 1 is 1.27 bits per heavy atom. The Hall–Kier alpha value is -2.26. The average molecular weight is 377 g/mol. The smallest absolute Gasteiger partial charge is 0.374 e. The molecule has 9 heteroatoms. The summed E-state index contributed by atoms with van der Waals surface area (Å²) in [6.45, 7) is 1.67. The Labute approximate surface area is 154 Å². The molecule has 136 valence electrons. The Kier molecular flexibility index (Phi) is 4.98. The van der Waals surface area contributed by atoms with E-state index in [9.17, 15) is 0 Å². The molecule has 0 radical (unpaired) electrons. The first-order valence-corrected chi connectivity index (χ1v) is 8.64. The van der Waals surface area contributed by atoms with Crippen LogP contribution in [0.15, 0.2) is 36.7 Å². The number of hydrogen-bond acceptors (Lipinski definition) is 6. The highest BCUT2D eigenvalue weighted by Gasteiger charge is 2.31. The highest BCUT2D eigenvalue weighted by molar-refractivity contribution is 6.32. The van der Waals surface area contributed by atoms with Crippen LogP contribution in [0.3, 0.4) is 0 Å². The second-order valence-electron chi connectivity index (χ2n) is 5.98. The summed E-state index contributed by atoms with van der Waals surface area (Å²) in [7, 11) is 0. The highest BCUT2D eigenvalue weighted by atomic mass is 35.5. The van der Waals surface area contributed by atoms with E-state index in [1.54, 1.807) is 4.57 Å². The highest BCUT2D eigenvalue weighted by Crippen LogP contribution is 2.21. The van der Waals surface area contributed by atoms with Crippen molar-refractivity contribution in [3.8, 4) is 0 Å². The number of nitrogens with two attached hydrogens (primary N) is 1. The number of fused-ring (bicyclic) bond motifs is 1. The van der Waals surface area contributed by atoms with E-state index in [4.69, 9.17) is 31.5 Å². The molecule has 2 unspecified atom stereocenters. The molecule has 0 aliphatic carbocycles. The number of ether oxygens (including phenoxy) is 3. The molecule has 0 amide bonds. The summed E-state index contributed by atoms with van der Waals surface area (Å²) in [4.78, 5) is 11.2. The van der Waals surface area contributed by atoms with E-state index < -0.39 is 6.23 Å². The monoisotopic (exact) mass is 376 g/mol. The maximum absolute atomic E-state index is 6.42. The van der Waals surface area contributed by atoms with Gasteiger partial charge in [0.2, 0.25) is 11.4 Å². The van der Waals surface area contributed by atoms with Gasteiger partial charge in [-0.3, -0.25) is 5.73 Å². The zero-order valence-corrected chi connectivity index (χ0v) is 14.7. The first kappa shape index (κ1) is 17.2. The van der Waals surface area contributed by atoms with Crippen molar-refractivity contribution >= 4 is 28.7 Å². The fraction of sp³-hybridized carbons (Fsp3) is 0.353. The molecule has 0 bridgehead atoms. The van der Waals surface area contributed by atoms with Crippen molar-refractivity contribution in [2.75, 3.05) is 25.6 Å². The summed E-state index contributed by atoms with van der Waals surface area (Å²) in [6.07, 6.45) is 0.929. The zero-order chi connectivity index (χ0) is 17.9. The van der Waals surface area contributed by atoms with Crippen LogP contribution in [-0.4, -0.2) is 40.9 Å². The number of H-pyrrole nitrogens is 1. The molecule has 2 aromatic heterocycles. The molecule has 3 N–H and O–H groups in total. The third kappa shape index (κ3) is 3.49. The fourth-order valence-electron chi connectivity index (χ4n) is 2.84. The second-order valence-corrected chi connectivity index (χ2v) is 6.33. The topological polar surface area (TPSA) is 99.2 Å². The molecule has 26 heavy (non-hydrogen) atoms. The fourth-order valence-corrected chi connectivity index (χ4v) is 3.18. The van der Waals surface area contributed by atoms with Gasteiger partial charge in [-0.1, -0.05) is 30.3 Å². The Balaban J connectivity index is 1.35. The Bertz CT molecular complexity index is 881. The van der Waals surface area contributed by atoms with E-state index in [2.05, 4.69) is 15.0 Å². The van der Waals surface area contributed by atoms with Gasteiger partial charge in [-0.15, -0.1) is 0 Å². The molecule has 1 saturated heterocycles. The third-order valence-electron chi connectivity index (χ3n) is 4.16. The van der Waals surface area contributed by atoms with Gasteiger partial charge in [0.05, 0.1) is 26.1 Å². The molecule has 3 aromatic rings. The normalized spacial score (nSPS) is 20.5. The van der Waals surface area contributed by atoms with Crippen molar-refractivity contribution < 1.29 is 18.8 Å². The summed E-state index contributed by atoms with van der Waals surface area (Å²) in [5.41, 5.74) is 8.21. The molecule has 8 nitrogen and oxygen atoms in total. The van der Waals surface area contributed by atoms with Gasteiger partial charge in [-0.25, -0.2) is 4.98 Å². The molecule has 1 aliphatic rings. The molecule has 0 saturated carbocycles. The number of aromatic amines is 1. The molecule has 3 heterocycles. The number of nitrogen functional groups attached to an aromatic ring is 1. The predicted octanol–water partition coefficient (Wildman–Crippen LogP) is 1.61. The lowest BCUT2D eigenvalue weighted by molar-refractivity contribution is -0.755. The zero-order valence-electron chi connectivity index (χ0n) is 14.0. The van der Waals surface area contributed by atoms with Crippen molar-refractivity contribution in [3.63, 3.8) is 0 Å². The number of benzene rings is 1.